The van der Waals surface area contributed by atoms with Gasteiger partial charge >= 0.3 is 0 Å². The van der Waals surface area contributed by atoms with E-state index in [4.69, 9.17) is 4.74 Å². The van der Waals surface area contributed by atoms with E-state index >= 15 is 0 Å². The summed E-state index contributed by atoms with van der Waals surface area (Å²) in [5.74, 6) is -0.388. The van der Waals surface area contributed by atoms with Gasteiger partial charge in [-0.3, -0.25) is 4.79 Å². The Morgan fingerprint density at radius 2 is 1.77 bits per heavy atom. The van der Waals surface area contributed by atoms with E-state index in [1.807, 2.05) is 4.72 Å². The number of ether oxygens (including phenoxy) is 1. The topological polar surface area (TPSA) is 72.5 Å². The first kappa shape index (κ1) is 16.5. The molecule has 0 unspecified atom stereocenters. The Bertz CT molecular complexity index is 772. The third-order valence-corrected chi connectivity index (χ3v) is 4.66. The maximum atomic E-state index is 12.2. The lowest BCUT2D eigenvalue weighted by Crippen LogP contribution is -2.30. The van der Waals surface area contributed by atoms with Crippen LogP contribution in [-0.4, -0.2) is 20.9 Å². The van der Waals surface area contributed by atoms with E-state index in [2.05, 4.69) is 15.9 Å². The number of amides is 1. The van der Waals surface area contributed by atoms with Crippen molar-refractivity contribution in [2.45, 2.75) is 11.8 Å². The summed E-state index contributed by atoms with van der Waals surface area (Å²) in [5.41, 5.74) is 0.171. The van der Waals surface area contributed by atoms with Gasteiger partial charge in [-0.15, -0.1) is 0 Å². The van der Waals surface area contributed by atoms with E-state index in [1.165, 1.54) is 18.2 Å². The molecule has 2 aromatic carbocycles. The lowest BCUT2D eigenvalue weighted by Gasteiger charge is -2.11. The predicted octanol–water partition coefficient (Wildman–Crippen LogP) is 2.97. The van der Waals surface area contributed by atoms with Crippen LogP contribution < -0.4 is 9.46 Å². The van der Waals surface area contributed by atoms with E-state index < -0.39 is 15.9 Å². The maximum Gasteiger partial charge on any atom is 0.268 e. The first-order valence-electron chi connectivity index (χ1n) is 6.48. The second-order valence-electron chi connectivity index (χ2n) is 4.32. The number of halogens is 1. The van der Waals surface area contributed by atoms with Gasteiger partial charge in [0.15, 0.2) is 0 Å². The summed E-state index contributed by atoms with van der Waals surface area (Å²) in [7, 11) is -3.93. The van der Waals surface area contributed by atoms with Crippen molar-refractivity contribution < 1.29 is 17.9 Å². The first-order valence-corrected chi connectivity index (χ1v) is 8.76. The van der Waals surface area contributed by atoms with Gasteiger partial charge < -0.3 is 4.74 Å². The summed E-state index contributed by atoms with van der Waals surface area (Å²) in [5, 5.41) is 0. The molecule has 0 fully saturated rings. The van der Waals surface area contributed by atoms with Crippen molar-refractivity contribution in [3.63, 3.8) is 0 Å². The van der Waals surface area contributed by atoms with E-state index in [0.29, 0.717) is 12.4 Å². The Hall–Kier alpha value is -1.86. The Balaban J connectivity index is 2.26. The van der Waals surface area contributed by atoms with Crippen LogP contribution in [0.1, 0.15) is 17.3 Å². The lowest BCUT2D eigenvalue weighted by molar-refractivity contribution is 0.0977. The lowest BCUT2D eigenvalue weighted by atomic mass is 10.2. The number of nitrogens with one attached hydrogen (secondary N) is 1. The second-order valence-corrected chi connectivity index (χ2v) is 6.92. The zero-order valence-corrected chi connectivity index (χ0v) is 14.1. The highest BCUT2D eigenvalue weighted by Gasteiger charge is 2.20. The SMILES string of the molecule is CCOc1ccccc1C(=O)NS(=O)(=O)c1ccc(Br)cc1. The van der Waals surface area contributed by atoms with Crippen LogP contribution in [0.5, 0.6) is 5.75 Å². The fraction of sp³-hybridized carbons (Fsp3) is 0.133. The van der Waals surface area contributed by atoms with E-state index in [9.17, 15) is 13.2 Å². The number of carbonyl (C=O) groups is 1. The number of benzene rings is 2. The van der Waals surface area contributed by atoms with Crippen molar-refractivity contribution in [2.75, 3.05) is 6.61 Å². The normalized spacial score (nSPS) is 11.0. The fourth-order valence-corrected chi connectivity index (χ4v) is 3.02. The molecule has 0 atom stereocenters. The third-order valence-electron chi connectivity index (χ3n) is 2.78. The molecule has 0 saturated carbocycles. The highest BCUT2D eigenvalue weighted by Crippen LogP contribution is 2.19. The van der Waals surface area contributed by atoms with Gasteiger partial charge in [-0.1, -0.05) is 28.1 Å². The first-order chi connectivity index (χ1) is 10.4. The molecule has 7 heteroatoms. The molecule has 0 radical (unpaired) electrons. The van der Waals surface area contributed by atoms with Crippen LogP contribution in [0.15, 0.2) is 57.9 Å². The van der Waals surface area contributed by atoms with Crippen LogP contribution in [0.25, 0.3) is 0 Å². The molecule has 5 nitrogen and oxygen atoms in total. The fourth-order valence-electron chi connectivity index (χ4n) is 1.79. The predicted molar refractivity (Wildman–Crippen MR) is 86.4 cm³/mol. The smallest absolute Gasteiger partial charge is 0.268 e. The molecule has 116 valence electrons. The van der Waals surface area contributed by atoms with Gasteiger partial charge in [-0.25, -0.2) is 13.1 Å². The molecule has 22 heavy (non-hydrogen) atoms. The van der Waals surface area contributed by atoms with E-state index in [-0.39, 0.29) is 10.5 Å². The molecule has 0 heterocycles. The number of rotatable bonds is 5. The highest BCUT2D eigenvalue weighted by molar-refractivity contribution is 9.10. The minimum absolute atomic E-state index is 0.0120. The van der Waals surface area contributed by atoms with Gasteiger partial charge in [-0.2, -0.15) is 0 Å². The van der Waals surface area contributed by atoms with Gasteiger partial charge in [0.25, 0.3) is 15.9 Å². The Labute approximate surface area is 137 Å². The summed E-state index contributed by atoms with van der Waals surface area (Å²) >= 11 is 3.23. The van der Waals surface area contributed by atoms with Crippen molar-refractivity contribution in [1.29, 1.82) is 0 Å². The molecule has 1 N–H and O–H groups in total. The number of hydrogen-bond acceptors (Lipinski definition) is 4. The van der Waals surface area contributed by atoms with Crippen molar-refractivity contribution in [3.8, 4) is 5.75 Å². The zero-order chi connectivity index (χ0) is 16.2. The molecular formula is C15H14BrNO4S. The molecule has 0 aliphatic heterocycles. The van der Waals surface area contributed by atoms with E-state index in [0.717, 1.165) is 4.47 Å². The number of carbonyl (C=O) groups excluding carboxylic acids is 1. The molecule has 0 bridgehead atoms. The van der Waals surface area contributed by atoms with Gasteiger partial charge in [0, 0.05) is 4.47 Å². The Kier molecular flexibility index (Phi) is 5.20. The van der Waals surface area contributed by atoms with Crippen LogP contribution in [0.4, 0.5) is 0 Å². The highest BCUT2D eigenvalue weighted by atomic mass is 79.9. The maximum absolute atomic E-state index is 12.2. The quantitative estimate of drug-likeness (QED) is 0.861. The summed E-state index contributed by atoms with van der Waals surface area (Å²) in [6, 6.07) is 12.5. The van der Waals surface area contributed by atoms with Crippen molar-refractivity contribution in [1.82, 2.24) is 4.72 Å². The van der Waals surface area contributed by atoms with Gasteiger partial charge in [0.1, 0.15) is 5.75 Å². The summed E-state index contributed by atoms with van der Waals surface area (Å²) < 4.78 is 32.5. The standard InChI is InChI=1S/C15H14BrNO4S/c1-2-21-14-6-4-3-5-13(14)15(18)17-22(19,20)12-9-7-11(16)8-10-12/h3-10H,2H2,1H3,(H,17,18). The van der Waals surface area contributed by atoms with Crippen LogP contribution in [0.3, 0.4) is 0 Å². The van der Waals surface area contributed by atoms with Crippen molar-refractivity contribution >= 4 is 31.9 Å². The third kappa shape index (κ3) is 3.86. The summed E-state index contributed by atoms with van der Waals surface area (Å²) in [6.45, 7) is 2.16. The Morgan fingerprint density at radius 3 is 2.41 bits per heavy atom. The van der Waals surface area contributed by atoms with E-state index in [1.54, 1.807) is 37.3 Å². The van der Waals surface area contributed by atoms with Crippen molar-refractivity contribution in [3.05, 3.63) is 58.6 Å². The molecule has 2 aromatic rings. The average Bonchev–Trinajstić information content (AvgIpc) is 2.48. The molecule has 1 amide bonds. The summed E-state index contributed by atoms with van der Waals surface area (Å²) in [4.78, 5) is 12.2. The van der Waals surface area contributed by atoms with Crippen molar-refractivity contribution in [2.24, 2.45) is 0 Å². The number of para-hydroxylation sites is 1. The largest absolute Gasteiger partial charge is 0.493 e. The van der Waals surface area contributed by atoms with Crippen LogP contribution in [0.2, 0.25) is 0 Å². The molecule has 0 saturated heterocycles. The van der Waals surface area contributed by atoms with Crippen LogP contribution >= 0.6 is 15.9 Å². The summed E-state index contributed by atoms with van der Waals surface area (Å²) in [6.07, 6.45) is 0. The molecule has 0 aliphatic rings. The molecule has 0 aromatic heterocycles. The number of hydrogen-bond donors (Lipinski definition) is 1. The minimum Gasteiger partial charge on any atom is -0.493 e. The average molecular weight is 384 g/mol. The van der Waals surface area contributed by atoms with Gasteiger partial charge in [-0.05, 0) is 43.3 Å². The minimum atomic E-state index is -3.93. The van der Waals surface area contributed by atoms with Gasteiger partial charge in [0.05, 0.1) is 17.1 Å². The Morgan fingerprint density at radius 1 is 1.14 bits per heavy atom. The zero-order valence-electron chi connectivity index (χ0n) is 11.7. The second kappa shape index (κ2) is 6.93. The number of sulfonamides is 1. The molecule has 0 aliphatic carbocycles. The molecular weight excluding hydrogens is 370 g/mol. The molecule has 0 spiro atoms. The van der Waals surface area contributed by atoms with Crippen LogP contribution in [-0.2, 0) is 10.0 Å². The molecule has 2 rings (SSSR count). The van der Waals surface area contributed by atoms with Gasteiger partial charge in [0.2, 0.25) is 0 Å². The monoisotopic (exact) mass is 383 g/mol. The van der Waals surface area contributed by atoms with Crippen LogP contribution in [0, 0.1) is 0 Å².